The minimum atomic E-state index is -0.132. The quantitative estimate of drug-likeness (QED) is 0.478. The van der Waals surface area contributed by atoms with Crippen LogP contribution in [0.25, 0.3) is 0 Å². The molecule has 1 aromatic carbocycles. The molecular formula is C20H30N2O2. The van der Waals surface area contributed by atoms with Crippen LogP contribution in [0.1, 0.15) is 58.8 Å². The van der Waals surface area contributed by atoms with Gasteiger partial charge in [0.25, 0.3) is 0 Å². The molecule has 0 aromatic heterocycles. The maximum absolute atomic E-state index is 12.0. The molecule has 2 aliphatic carbocycles. The van der Waals surface area contributed by atoms with Gasteiger partial charge in [0.1, 0.15) is 0 Å². The van der Waals surface area contributed by atoms with E-state index in [4.69, 9.17) is 10.5 Å². The molecular weight excluding hydrogens is 300 g/mol. The first-order chi connectivity index (χ1) is 11.6. The van der Waals surface area contributed by atoms with Gasteiger partial charge in [-0.15, -0.1) is 0 Å². The zero-order chi connectivity index (χ0) is 17.1. The van der Waals surface area contributed by atoms with E-state index in [0.717, 1.165) is 25.1 Å². The van der Waals surface area contributed by atoms with Crippen molar-refractivity contribution in [2.45, 2.75) is 64.8 Å². The van der Waals surface area contributed by atoms with Crippen molar-refractivity contribution in [1.29, 1.82) is 0 Å². The Morgan fingerprint density at radius 2 is 1.92 bits per heavy atom. The number of ether oxygens (including phenoxy) is 1. The summed E-state index contributed by atoms with van der Waals surface area (Å²) in [6.07, 6.45) is 8.24. The van der Waals surface area contributed by atoms with E-state index in [0.29, 0.717) is 23.4 Å². The van der Waals surface area contributed by atoms with Crippen LogP contribution in [-0.4, -0.2) is 18.6 Å². The van der Waals surface area contributed by atoms with Gasteiger partial charge in [0.05, 0.1) is 17.3 Å². The molecule has 0 radical (unpaired) electrons. The molecule has 0 spiro atoms. The minimum absolute atomic E-state index is 0.0816. The number of nitrogens with zero attached hydrogens (tertiary/aromatic N) is 1. The highest BCUT2D eigenvalue weighted by molar-refractivity contribution is 5.82. The summed E-state index contributed by atoms with van der Waals surface area (Å²) < 4.78 is 5.56. The van der Waals surface area contributed by atoms with E-state index in [1.165, 1.54) is 32.1 Å². The van der Waals surface area contributed by atoms with Gasteiger partial charge in [0.2, 0.25) is 0 Å². The Balaban J connectivity index is 1.84. The van der Waals surface area contributed by atoms with Crippen LogP contribution in [0.15, 0.2) is 18.2 Å². The summed E-state index contributed by atoms with van der Waals surface area (Å²) >= 11 is 0. The van der Waals surface area contributed by atoms with E-state index in [2.05, 4.69) is 24.8 Å². The van der Waals surface area contributed by atoms with Crippen LogP contribution in [0.2, 0.25) is 0 Å². The smallest absolute Gasteiger partial charge is 0.314 e. The van der Waals surface area contributed by atoms with Gasteiger partial charge in [0.15, 0.2) is 5.75 Å². The molecule has 4 nitrogen and oxygen atoms in total. The zero-order valence-corrected chi connectivity index (χ0v) is 15.0. The summed E-state index contributed by atoms with van der Waals surface area (Å²) in [6, 6.07) is 6.38. The van der Waals surface area contributed by atoms with Crippen LogP contribution in [-0.2, 0) is 4.79 Å². The van der Waals surface area contributed by atoms with Crippen molar-refractivity contribution in [2.75, 3.05) is 17.2 Å². The van der Waals surface area contributed by atoms with E-state index in [-0.39, 0.29) is 11.9 Å². The molecule has 0 saturated heterocycles. The van der Waals surface area contributed by atoms with Crippen LogP contribution in [0, 0.1) is 11.8 Å². The molecule has 2 aliphatic rings. The number of carbonyl (C=O) groups is 1. The lowest BCUT2D eigenvalue weighted by atomic mass is 9.93. The van der Waals surface area contributed by atoms with Crippen LogP contribution < -0.4 is 15.4 Å². The second-order valence-electron chi connectivity index (χ2n) is 7.72. The molecule has 132 valence electrons. The lowest BCUT2D eigenvalue weighted by Crippen LogP contribution is -2.39. The second kappa shape index (κ2) is 7.45. The molecule has 0 atom stereocenters. The van der Waals surface area contributed by atoms with Gasteiger partial charge in [-0.3, -0.25) is 4.79 Å². The van der Waals surface area contributed by atoms with Gasteiger partial charge in [-0.2, -0.15) is 0 Å². The number of esters is 1. The molecule has 0 heterocycles. The third-order valence-corrected chi connectivity index (χ3v) is 5.05. The number of nitrogen functional groups attached to an aromatic ring is 1. The Morgan fingerprint density at radius 1 is 1.21 bits per heavy atom. The topological polar surface area (TPSA) is 55.6 Å². The van der Waals surface area contributed by atoms with Crippen molar-refractivity contribution in [2.24, 2.45) is 11.8 Å². The molecule has 1 aromatic rings. The summed E-state index contributed by atoms with van der Waals surface area (Å²) in [5, 5.41) is 0. The highest BCUT2D eigenvalue weighted by Crippen LogP contribution is 2.38. The first-order valence-corrected chi connectivity index (χ1v) is 9.43. The normalized spacial score (nSPS) is 18.6. The average Bonchev–Trinajstić information content (AvgIpc) is 3.40. The Labute approximate surface area is 145 Å². The monoisotopic (exact) mass is 330 g/mol. The number of carbonyl (C=O) groups excluding carboxylic acids is 1. The Kier molecular flexibility index (Phi) is 5.32. The van der Waals surface area contributed by atoms with Crippen molar-refractivity contribution in [3.05, 3.63) is 18.2 Å². The molecule has 4 heteroatoms. The molecule has 0 aliphatic heterocycles. The minimum Gasteiger partial charge on any atom is -0.424 e. The van der Waals surface area contributed by atoms with E-state index >= 15 is 0 Å². The zero-order valence-electron chi connectivity index (χ0n) is 15.0. The fourth-order valence-electron chi connectivity index (χ4n) is 3.61. The predicted molar refractivity (Wildman–Crippen MR) is 98.3 cm³/mol. The summed E-state index contributed by atoms with van der Waals surface area (Å²) in [7, 11) is 0. The molecule has 0 bridgehead atoms. The van der Waals surface area contributed by atoms with Crippen LogP contribution in [0.5, 0.6) is 5.75 Å². The predicted octanol–water partition coefficient (Wildman–Crippen LogP) is 4.38. The van der Waals surface area contributed by atoms with E-state index in [9.17, 15) is 4.79 Å². The van der Waals surface area contributed by atoms with Gasteiger partial charge in [-0.05, 0) is 43.7 Å². The van der Waals surface area contributed by atoms with Crippen LogP contribution in [0.3, 0.4) is 0 Å². The fraction of sp³-hybridized carbons (Fsp3) is 0.650. The maximum Gasteiger partial charge on any atom is 0.314 e. The number of hydrogen-bond donors (Lipinski definition) is 1. The maximum atomic E-state index is 12.0. The molecule has 3 rings (SSSR count). The summed E-state index contributed by atoms with van der Waals surface area (Å²) in [6.45, 7) is 5.46. The largest absolute Gasteiger partial charge is 0.424 e. The van der Waals surface area contributed by atoms with Crippen molar-refractivity contribution in [1.82, 2.24) is 0 Å². The van der Waals surface area contributed by atoms with Gasteiger partial charge < -0.3 is 15.4 Å². The molecule has 0 unspecified atom stereocenters. The Hall–Kier alpha value is -1.71. The summed E-state index contributed by atoms with van der Waals surface area (Å²) in [5.41, 5.74) is 8.05. The van der Waals surface area contributed by atoms with E-state index < -0.39 is 0 Å². The summed E-state index contributed by atoms with van der Waals surface area (Å²) in [4.78, 5) is 14.4. The molecule has 0 amide bonds. The Bertz CT molecular complexity index is 575. The van der Waals surface area contributed by atoms with E-state index in [1.807, 2.05) is 12.1 Å². The van der Waals surface area contributed by atoms with Gasteiger partial charge in [0, 0.05) is 12.6 Å². The van der Waals surface area contributed by atoms with Crippen molar-refractivity contribution in [3.63, 3.8) is 0 Å². The third kappa shape index (κ3) is 4.03. The molecule has 2 fully saturated rings. The first-order valence-electron chi connectivity index (χ1n) is 9.43. The number of para-hydroxylation sites is 1. The van der Waals surface area contributed by atoms with Crippen LogP contribution >= 0.6 is 0 Å². The van der Waals surface area contributed by atoms with Crippen LogP contribution in [0.4, 0.5) is 11.4 Å². The number of benzene rings is 1. The number of anilines is 2. The highest BCUT2D eigenvalue weighted by Gasteiger charge is 2.32. The fourth-order valence-corrected chi connectivity index (χ4v) is 3.61. The van der Waals surface area contributed by atoms with Gasteiger partial charge in [-0.1, -0.05) is 39.2 Å². The summed E-state index contributed by atoms with van der Waals surface area (Å²) in [5.74, 6) is 1.03. The average molecular weight is 330 g/mol. The van der Waals surface area contributed by atoms with Crippen molar-refractivity contribution in [3.8, 4) is 5.75 Å². The van der Waals surface area contributed by atoms with Crippen molar-refractivity contribution < 1.29 is 9.53 Å². The van der Waals surface area contributed by atoms with Gasteiger partial charge in [-0.25, -0.2) is 0 Å². The highest BCUT2D eigenvalue weighted by atomic mass is 16.5. The number of hydrogen-bond acceptors (Lipinski definition) is 4. The molecule has 2 saturated carbocycles. The number of rotatable bonds is 6. The Morgan fingerprint density at radius 3 is 2.54 bits per heavy atom. The standard InChI is InChI=1S/C20H30N2O2/c1-14(2)13-22(16-7-4-3-5-8-16)17-9-6-10-18(19(17)21)24-20(23)15-11-12-15/h6,9-10,14-16H,3-5,7-8,11-13,21H2,1-2H3. The lowest BCUT2D eigenvalue weighted by Gasteiger charge is -2.38. The molecule has 2 N–H and O–H groups in total. The first kappa shape index (κ1) is 17.1. The van der Waals surface area contributed by atoms with E-state index in [1.54, 1.807) is 0 Å². The lowest BCUT2D eigenvalue weighted by molar-refractivity contribution is -0.135. The molecule has 24 heavy (non-hydrogen) atoms. The SMILES string of the molecule is CC(C)CN(c1cccc(OC(=O)C2CC2)c1N)C1CCCCC1. The van der Waals surface area contributed by atoms with Crippen molar-refractivity contribution >= 4 is 17.3 Å². The van der Waals surface area contributed by atoms with Gasteiger partial charge >= 0.3 is 5.97 Å². The third-order valence-electron chi connectivity index (χ3n) is 5.05. The second-order valence-corrected chi connectivity index (χ2v) is 7.72. The number of nitrogens with two attached hydrogens (primary N) is 1.